The zero-order valence-electron chi connectivity index (χ0n) is 13.6. The highest BCUT2D eigenvalue weighted by Crippen LogP contribution is 2.36. The number of imide groups is 1. The molecule has 1 aliphatic rings. The molecule has 2 rings (SSSR count). The summed E-state index contributed by atoms with van der Waals surface area (Å²) in [7, 11) is 0. The molecule has 9 nitrogen and oxygen atoms in total. The van der Waals surface area contributed by atoms with E-state index in [9.17, 15) is 29.6 Å². The Balaban J connectivity index is 2.30. The number of nitro groups is 1. The molecule has 0 saturated carbocycles. The summed E-state index contributed by atoms with van der Waals surface area (Å²) in [5.74, 6) is -1.71. The fourth-order valence-electron chi connectivity index (χ4n) is 2.03. The van der Waals surface area contributed by atoms with E-state index in [4.69, 9.17) is 4.74 Å². The number of phenols is 1. The number of nitrogens with zero attached hydrogens (tertiary/aromatic N) is 2. The van der Waals surface area contributed by atoms with E-state index >= 15 is 0 Å². The number of hydrogen-bond acceptors (Lipinski definition) is 8. The fraction of sp³-hybridized carbons (Fsp3) is 0.267. The van der Waals surface area contributed by atoms with Crippen LogP contribution in [0.25, 0.3) is 6.08 Å². The molecule has 0 aromatic heterocycles. The first-order valence-electron chi connectivity index (χ1n) is 7.22. The van der Waals surface area contributed by atoms with Gasteiger partial charge >= 0.3 is 5.97 Å². The Morgan fingerprint density at radius 1 is 1.46 bits per heavy atom. The first-order valence-corrected chi connectivity index (χ1v) is 9.11. The van der Waals surface area contributed by atoms with Crippen molar-refractivity contribution in [2.24, 2.45) is 0 Å². The molecule has 138 valence electrons. The van der Waals surface area contributed by atoms with Crippen molar-refractivity contribution in [3.8, 4) is 5.75 Å². The van der Waals surface area contributed by atoms with Crippen LogP contribution in [0.3, 0.4) is 0 Å². The SMILES string of the molecule is CC(C)OC(=O)CN1C(=O)S/C(=C/c2cc([N+](=O)[O-])cc(I)c2O)C1=O. The van der Waals surface area contributed by atoms with Crippen LogP contribution >= 0.6 is 34.4 Å². The van der Waals surface area contributed by atoms with Crippen LogP contribution in [0, 0.1) is 13.7 Å². The van der Waals surface area contributed by atoms with Gasteiger partial charge in [0.2, 0.25) is 0 Å². The monoisotopic (exact) mass is 492 g/mol. The number of phenolic OH excluding ortho intramolecular Hbond substituents is 1. The zero-order chi connectivity index (χ0) is 19.6. The van der Waals surface area contributed by atoms with Gasteiger partial charge in [-0.1, -0.05) is 0 Å². The van der Waals surface area contributed by atoms with Crippen LogP contribution in [0.1, 0.15) is 19.4 Å². The normalized spacial score (nSPS) is 15.8. The lowest BCUT2D eigenvalue weighted by atomic mass is 10.1. The first-order chi connectivity index (χ1) is 12.1. The van der Waals surface area contributed by atoms with E-state index in [0.717, 1.165) is 11.0 Å². The van der Waals surface area contributed by atoms with Gasteiger partial charge in [-0.25, -0.2) is 0 Å². The predicted octanol–water partition coefficient (Wildman–Crippen LogP) is 2.89. The molecular formula is C15H13IN2O7S. The van der Waals surface area contributed by atoms with Gasteiger partial charge in [-0.05, 0) is 54.3 Å². The van der Waals surface area contributed by atoms with E-state index in [1.54, 1.807) is 36.4 Å². The average Bonchev–Trinajstić information content (AvgIpc) is 2.78. The van der Waals surface area contributed by atoms with E-state index in [-0.39, 0.29) is 31.6 Å². The molecule has 0 radical (unpaired) electrons. The number of non-ortho nitro benzene ring substituents is 1. The lowest BCUT2D eigenvalue weighted by Gasteiger charge is -2.13. The number of halogens is 1. The van der Waals surface area contributed by atoms with Gasteiger partial charge in [0.15, 0.2) is 0 Å². The lowest BCUT2D eigenvalue weighted by molar-refractivity contribution is -0.385. The Hall–Kier alpha value is -2.15. The number of nitro benzene ring substituents is 1. The molecule has 1 aromatic rings. The van der Waals surface area contributed by atoms with Crippen LogP contribution in [0.15, 0.2) is 17.0 Å². The van der Waals surface area contributed by atoms with Gasteiger partial charge in [0.05, 0.1) is 19.5 Å². The highest BCUT2D eigenvalue weighted by molar-refractivity contribution is 14.1. The summed E-state index contributed by atoms with van der Waals surface area (Å²) >= 11 is 2.30. The highest BCUT2D eigenvalue weighted by atomic mass is 127. The largest absolute Gasteiger partial charge is 0.506 e. The Bertz CT molecular complexity index is 838. The van der Waals surface area contributed by atoms with Gasteiger partial charge in [-0.2, -0.15) is 0 Å². The van der Waals surface area contributed by atoms with Crippen LogP contribution in [-0.4, -0.2) is 44.7 Å². The third-order valence-corrected chi connectivity index (χ3v) is 4.83. The topological polar surface area (TPSA) is 127 Å². The first kappa shape index (κ1) is 20.2. The molecule has 1 fully saturated rings. The quantitative estimate of drug-likeness (QED) is 0.219. The molecule has 11 heteroatoms. The second kappa shape index (κ2) is 8.03. The fourth-order valence-corrected chi connectivity index (χ4v) is 3.49. The molecule has 26 heavy (non-hydrogen) atoms. The Morgan fingerprint density at radius 3 is 2.69 bits per heavy atom. The van der Waals surface area contributed by atoms with Crippen LogP contribution in [0.5, 0.6) is 5.75 Å². The van der Waals surface area contributed by atoms with Gasteiger partial charge in [0, 0.05) is 17.7 Å². The van der Waals surface area contributed by atoms with Gasteiger partial charge < -0.3 is 9.84 Å². The molecule has 2 amide bonds. The second-order valence-corrected chi connectivity index (χ2v) is 7.58. The van der Waals surface area contributed by atoms with Crippen LogP contribution in [0.4, 0.5) is 10.5 Å². The summed E-state index contributed by atoms with van der Waals surface area (Å²) in [6, 6.07) is 2.28. The standard InChI is InChI=1S/C15H13IN2O7S/c1-7(2)25-12(19)6-17-14(21)11(26-15(17)22)4-8-3-9(18(23)24)5-10(16)13(8)20/h3-5,7,20H,6H2,1-2H3/b11-4+. The summed E-state index contributed by atoms with van der Waals surface area (Å²) in [6.07, 6.45) is 0.797. The highest BCUT2D eigenvalue weighted by Gasteiger charge is 2.37. The van der Waals surface area contributed by atoms with Crippen LogP contribution < -0.4 is 0 Å². The maximum absolute atomic E-state index is 12.3. The van der Waals surface area contributed by atoms with Gasteiger partial charge in [0.25, 0.3) is 16.8 Å². The Kier molecular flexibility index (Phi) is 6.23. The summed E-state index contributed by atoms with van der Waals surface area (Å²) in [6.45, 7) is 2.75. The number of thioether (sulfide) groups is 1. The average molecular weight is 492 g/mol. The number of amides is 2. The smallest absolute Gasteiger partial charge is 0.326 e. The van der Waals surface area contributed by atoms with Crippen molar-refractivity contribution in [3.05, 3.63) is 36.3 Å². The molecule has 1 N–H and O–H groups in total. The molecule has 0 bridgehead atoms. The van der Waals surface area contributed by atoms with Crippen molar-refractivity contribution in [1.29, 1.82) is 0 Å². The van der Waals surface area contributed by atoms with E-state index in [0.29, 0.717) is 11.8 Å². The number of rotatable bonds is 5. The molecular weight excluding hydrogens is 479 g/mol. The number of carbonyl (C=O) groups is 3. The number of benzene rings is 1. The summed E-state index contributed by atoms with van der Waals surface area (Å²) in [5, 5.41) is 20.3. The van der Waals surface area contributed by atoms with E-state index in [2.05, 4.69) is 0 Å². The van der Waals surface area contributed by atoms with Crippen molar-refractivity contribution < 1.29 is 29.2 Å². The maximum atomic E-state index is 12.3. The number of aromatic hydroxyl groups is 1. The lowest BCUT2D eigenvalue weighted by Crippen LogP contribution is -2.35. The molecule has 1 heterocycles. The number of ether oxygens (including phenoxy) is 1. The summed E-state index contributed by atoms with van der Waals surface area (Å²) < 4.78 is 5.13. The Morgan fingerprint density at radius 2 is 2.12 bits per heavy atom. The Labute approximate surface area is 165 Å². The van der Waals surface area contributed by atoms with Crippen LogP contribution in [-0.2, 0) is 14.3 Å². The summed E-state index contributed by atoms with van der Waals surface area (Å²) in [5.41, 5.74) is -0.239. The molecule has 0 aliphatic carbocycles. The van der Waals surface area contributed by atoms with Crippen molar-refractivity contribution in [2.75, 3.05) is 6.54 Å². The third kappa shape index (κ3) is 4.52. The molecule has 1 aromatic carbocycles. The number of carbonyl (C=O) groups excluding carboxylic acids is 3. The van der Waals surface area contributed by atoms with Crippen molar-refractivity contribution in [1.82, 2.24) is 4.90 Å². The number of hydrogen-bond donors (Lipinski definition) is 1. The van der Waals surface area contributed by atoms with Gasteiger partial charge in [-0.15, -0.1) is 0 Å². The van der Waals surface area contributed by atoms with Crippen molar-refractivity contribution in [2.45, 2.75) is 20.0 Å². The zero-order valence-corrected chi connectivity index (χ0v) is 16.6. The minimum Gasteiger partial charge on any atom is -0.506 e. The third-order valence-electron chi connectivity index (χ3n) is 3.10. The maximum Gasteiger partial charge on any atom is 0.326 e. The molecule has 1 aliphatic heterocycles. The summed E-state index contributed by atoms with van der Waals surface area (Å²) in [4.78, 5) is 47.0. The van der Waals surface area contributed by atoms with Crippen molar-refractivity contribution in [3.63, 3.8) is 0 Å². The number of esters is 1. The minimum absolute atomic E-state index is 0.0267. The molecule has 0 spiro atoms. The molecule has 1 saturated heterocycles. The second-order valence-electron chi connectivity index (χ2n) is 5.43. The van der Waals surface area contributed by atoms with Crippen molar-refractivity contribution >= 4 is 63.2 Å². The van der Waals surface area contributed by atoms with Gasteiger partial charge in [-0.3, -0.25) is 29.4 Å². The van der Waals surface area contributed by atoms with Gasteiger partial charge in [0.1, 0.15) is 12.3 Å². The van der Waals surface area contributed by atoms with E-state index in [1.807, 2.05) is 0 Å². The van der Waals surface area contributed by atoms with E-state index in [1.165, 1.54) is 12.1 Å². The van der Waals surface area contributed by atoms with Crippen LogP contribution in [0.2, 0.25) is 0 Å². The van der Waals surface area contributed by atoms with E-state index < -0.39 is 28.6 Å². The molecule has 0 atom stereocenters. The molecule has 0 unspecified atom stereocenters. The predicted molar refractivity (Wildman–Crippen MR) is 101 cm³/mol. The minimum atomic E-state index is -0.735.